The zero-order valence-corrected chi connectivity index (χ0v) is 16.5. The molecule has 2 aromatic rings. The predicted molar refractivity (Wildman–Crippen MR) is 109 cm³/mol. The number of anilines is 1. The molecule has 0 unspecified atom stereocenters. The zero-order chi connectivity index (χ0) is 16.3. The molecule has 0 saturated heterocycles. The lowest BCUT2D eigenvalue weighted by molar-refractivity contribution is 0.675. The summed E-state index contributed by atoms with van der Waals surface area (Å²) in [6.07, 6.45) is 5.72. The van der Waals surface area contributed by atoms with E-state index in [1.54, 1.807) is 19.4 Å². The van der Waals surface area contributed by atoms with E-state index in [1.165, 1.54) is 0 Å². The van der Waals surface area contributed by atoms with Crippen molar-refractivity contribution in [2.45, 2.75) is 19.4 Å². The maximum Gasteiger partial charge on any atom is 0.191 e. The number of unbranched alkanes of at least 4 members (excludes halogenated alkanes) is 1. The van der Waals surface area contributed by atoms with Gasteiger partial charge in [0.1, 0.15) is 5.82 Å². The number of aryl methyl sites for hydroxylation is 1. The molecule has 0 aliphatic carbocycles. The summed E-state index contributed by atoms with van der Waals surface area (Å²) in [7, 11) is 3.71. The molecule has 0 aliphatic heterocycles. The van der Waals surface area contributed by atoms with Gasteiger partial charge in [0.2, 0.25) is 0 Å². The number of pyridine rings is 1. The van der Waals surface area contributed by atoms with Crippen LogP contribution in [0.15, 0.2) is 41.7 Å². The van der Waals surface area contributed by atoms with Crippen LogP contribution in [0.3, 0.4) is 0 Å². The Bertz CT molecular complexity index is 597. The number of hydrogen-bond donors (Lipinski definition) is 3. The lowest BCUT2D eigenvalue weighted by atomic mass is 10.3. The maximum atomic E-state index is 4.23. The van der Waals surface area contributed by atoms with E-state index in [4.69, 9.17) is 0 Å². The number of nitrogens with one attached hydrogen (secondary N) is 3. The highest BCUT2D eigenvalue weighted by Gasteiger charge is 2.01. The van der Waals surface area contributed by atoms with E-state index in [0.717, 1.165) is 43.4 Å². The third-order valence-corrected chi connectivity index (χ3v) is 3.45. The van der Waals surface area contributed by atoms with Gasteiger partial charge in [-0.15, -0.1) is 24.0 Å². The molecule has 0 radical (unpaired) electrons. The lowest BCUT2D eigenvalue weighted by Crippen LogP contribution is -2.37. The van der Waals surface area contributed by atoms with Gasteiger partial charge in [0.25, 0.3) is 0 Å². The first kappa shape index (κ1) is 20.2. The minimum Gasteiger partial charge on any atom is -0.370 e. The summed E-state index contributed by atoms with van der Waals surface area (Å²) >= 11 is 0. The van der Waals surface area contributed by atoms with Gasteiger partial charge >= 0.3 is 0 Å². The third-order valence-electron chi connectivity index (χ3n) is 3.45. The molecule has 0 aromatic carbocycles. The van der Waals surface area contributed by atoms with Crippen molar-refractivity contribution in [2.24, 2.45) is 12.0 Å². The van der Waals surface area contributed by atoms with Crippen LogP contribution >= 0.6 is 24.0 Å². The molecule has 24 heavy (non-hydrogen) atoms. The first-order valence-corrected chi connectivity index (χ1v) is 7.86. The Morgan fingerprint density at radius 3 is 2.62 bits per heavy atom. The van der Waals surface area contributed by atoms with Gasteiger partial charge in [0, 0.05) is 39.6 Å². The maximum absolute atomic E-state index is 4.23. The molecule has 2 aromatic heterocycles. The van der Waals surface area contributed by atoms with Gasteiger partial charge in [-0.1, -0.05) is 6.07 Å². The van der Waals surface area contributed by atoms with Crippen LogP contribution in [0.2, 0.25) is 0 Å². The fourth-order valence-electron chi connectivity index (χ4n) is 2.11. The van der Waals surface area contributed by atoms with Crippen LogP contribution in [-0.4, -0.2) is 40.9 Å². The van der Waals surface area contributed by atoms with Crippen molar-refractivity contribution in [3.05, 3.63) is 42.4 Å². The molecule has 0 spiro atoms. The molecule has 0 atom stereocenters. The van der Waals surface area contributed by atoms with Gasteiger partial charge in [0.05, 0.1) is 12.2 Å². The predicted octanol–water partition coefficient (Wildman–Crippen LogP) is 1.99. The second kappa shape index (κ2) is 11.7. The van der Waals surface area contributed by atoms with E-state index in [2.05, 4.69) is 31.0 Å². The van der Waals surface area contributed by atoms with Crippen LogP contribution in [-0.2, 0) is 13.6 Å². The largest absolute Gasteiger partial charge is 0.370 e. The molecule has 0 amide bonds. The molecule has 0 fully saturated rings. The Hall–Kier alpha value is -1.84. The first-order valence-electron chi connectivity index (χ1n) is 7.86. The van der Waals surface area contributed by atoms with Crippen molar-refractivity contribution >= 4 is 35.8 Å². The second-order valence-electron chi connectivity index (χ2n) is 5.15. The van der Waals surface area contributed by atoms with Gasteiger partial charge < -0.3 is 16.0 Å². The average molecular weight is 443 g/mol. The van der Waals surface area contributed by atoms with Gasteiger partial charge in [0.15, 0.2) is 5.96 Å². The number of hydrogen-bond acceptors (Lipinski definition) is 4. The van der Waals surface area contributed by atoms with E-state index in [-0.39, 0.29) is 24.0 Å². The van der Waals surface area contributed by atoms with Crippen molar-refractivity contribution in [3.63, 3.8) is 0 Å². The average Bonchev–Trinajstić information content (AvgIpc) is 2.99. The van der Waals surface area contributed by atoms with Crippen molar-refractivity contribution < 1.29 is 0 Å². The van der Waals surface area contributed by atoms with E-state index in [0.29, 0.717) is 6.54 Å². The number of guanidine groups is 1. The Kier molecular flexibility index (Phi) is 9.81. The van der Waals surface area contributed by atoms with Gasteiger partial charge in [-0.3, -0.25) is 9.67 Å². The van der Waals surface area contributed by atoms with E-state index in [1.807, 2.05) is 36.0 Å². The summed E-state index contributed by atoms with van der Waals surface area (Å²) in [6, 6.07) is 7.86. The molecular weight excluding hydrogens is 417 g/mol. The Labute approximate surface area is 160 Å². The van der Waals surface area contributed by atoms with Crippen molar-refractivity contribution in [3.8, 4) is 0 Å². The molecule has 132 valence electrons. The van der Waals surface area contributed by atoms with Crippen LogP contribution in [0.1, 0.15) is 18.5 Å². The highest BCUT2D eigenvalue weighted by Crippen LogP contribution is 2.00. The topological polar surface area (TPSA) is 79.2 Å². The molecule has 8 heteroatoms. The molecule has 0 aliphatic rings. The smallest absolute Gasteiger partial charge is 0.191 e. The standard InChI is InChI=1S/C16H25N7.HI/c1-17-16(21-13-14-8-12-22-23(14)2)20-11-6-5-10-19-15-7-3-4-9-18-15;/h3-4,7-9,12H,5-6,10-11,13H2,1-2H3,(H,18,19)(H2,17,20,21);1H. The van der Waals surface area contributed by atoms with E-state index in [9.17, 15) is 0 Å². The molecule has 3 N–H and O–H groups in total. The molecule has 2 heterocycles. The van der Waals surface area contributed by atoms with Crippen LogP contribution in [0.4, 0.5) is 5.82 Å². The first-order chi connectivity index (χ1) is 11.3. The van der Waals surface area contributed by atoms with Crippen LogP contribution < -0.4 is 16.0 Å². The molecule has 7 nitrogen and oxygen atoms in total. The SMILES string of the molecule is CN=C(NCCCCNc1ccccn1)NCc1ccnn1C.I. The molecular formula is C16H26IN7. The zero-order valence-electron chi connectivity index (χ0n) is 14.2. The van der Waals surface area contributed by atoms with E-state index >= 15 is 0 Å². The van der Waals surface area contributed by atoms with Crippen molar-refractivity contribution in [1.29, 1.82) is 0 Å². The molecule has 2 rings (SSSR count). The Balaban J connectivity index is 0.00000288. The summed E-state index contributed by atoms with van der Waals surface area (Å²) in [5, 5.41) is 14.0. The third kappa shape index (κ3) is 7.16. The Morgan fingerprint density at radius 2 is 1.96 bits per heavy atom. The quantitative estimate of drug-likeness (QED) is 0.252. The summed E-state index contributed by atoms with van der Waals surface area (Å²) in [5.74, 6) is 1.73. The molecule has 0 saturated carbocycles. The number of aliphatic imine (C=N–C) groups is 1. The van der Waals surface area contributed by atoms with Crippen LogP contribution in [0.25, 0.3) is 0 Å². The second-order valence-corrected chi connectivity index (χ2v) is 5.15. The van der Waals surface area contributed by atoms with Gasteiger partial charge in [-0.25, -0.2) is 4.98 Å². The minimum absolute atomic E-state index is 0. The van der Waals surface area contributed by atoms with Crippen molar-refractivity contribution in [2.75, 3.05) is 25.5 Å². The summed E-state index contributed by atoms with van der Waals surface area (Å²) < 4.78 is 1.85. The van der Waals surface area contributed by atoms with Crippen LogP contribution in [0.5, 0.6) is 0 Å². The number of nitrogens with zero attached hydrogens (tertiary/aromatic N) is 4. The number of halogens is 1. The summed E-state index contributed by atoms with van der Waals surface area (Å²) in [4.78, 5) is 8.45. The lowest BCUT2D eigenvalue weighted by Gasteiger charge is -2.12. The van der Waals surface area contributed by atoms with Crippen LogP contribution in [0, 0.1) is 0 Å². The summed E-state index contributed by atoms with van der Waals surface area (Å²) in [6.45, 7) is 2.51. The monoisotopic (exact) mass is 443 g/mol. The van der Waals surface area contributed by atoms with Gasteiger partial charge in [-0.05, 0) is 31.0 Å². The van der Waals surface area contributed by atoms with Crippen molar-refractivity contribution in [1.82, 2.24) is 25.4 Å². The highest BCUT2D eigenvalue weighted by molar-refractivity contribution is 14.0. The number of aromatic nitrogens is 3. The minimum atomic E-state index is 0. The fraction of sp³-hybridized carbons (Fsp3) is 0.438. The molecule has 0 bridgehead atoms. The van der Waals surface area contributed by atoms with Gasteiger partial charge in [-0.2, -0.15) is 5.10 Å². The van der Waals surface area contributed by atoms with E-state index < -0.39 is 0 Å². The fourth-order valence-corrected chi connectivity index (χ4v) is 2.11. The Morgan fingerprint density at radius 1 is 1.12 bits per heavy atom. The summed E-state index contributed by atoms with van der Waals surface area (Å²) in [5.41, 5.74) is 1.12. The highest BCUT2D eigenvalue weighted by atomic mass is 127. The number of rotatable bonds is 8. The normalized spacial score (nSPS) is 10.8.